The minimum Gasteiger partial charge on any atom is -0.345 e. The van der Waals surface area contributed by atoms with Crippen molar-refractivity contribution in [3.63, 3.8) is 0 Å². The van der Waals surface area contributed by atoms with E-state index in [0.29, 0.717) is 9.16 Å². The molecule has 6 heteroatoms. The smallest absolute Gasteiger partial charge is 0.0901 e. The second kappa shape index (κ2) is 9.21. The van der Waals surface area contributed by atoms with Gasteiger partial charge in [-0.25, -0.2) is 0 Å². The molecule has 2 aliphatic rings. The first-order valence-corrected chi connectivity index (χ1v) is 12.5. The lowest BCUT2D eigenvalue weighted by atomic mass is 10.3. The Bertz CT molecular complexity index is 415. The van der Waals surface area contributed by atoms with Crippen LogP contribution in [0.4, 0.5) is 0 Å². The molecule has 0 aliphatic carbocycles. The fourth-order valence-corrected chi connectivity index (χ4v) is 8.80. The number of thioether (sulfide) groups is 4. The first kappa shape index (κ1) is 17.5. The van der Waals surface area contributed by atoms with E-state index < -0.39 is 0 Å². The molecule has 2 N–H and O–H groups in total. The molecule has 0 atom stereocenters. The Morgan fingerprint density at radius 1 is 0.864 bits per heavy atom. The average Bonchev–Trinajstić information content (AvgIpc) is 3.01. The van der Waals surface area contributed by atoms with Crippen molar-refractivity contribution in [3.05, 3.63) is 23.5 Å². The summed E-state index contributed by atoms with van der Waals surface area (Å²) in [6.45, 7) is 1.95. The first-order valence-electron chi connectivity index (χ1n) is 8.26. The largest absolute Gasteiger partial charge is 0.345 e. The van der Waals surface area contributed by atoms with E-state index in [1.807, 2.05) is 0 Å². The van der Waals surface area contributed by atoms with Crippen molar-refractivity contribution in [1.29, 1.82) is 0 Å². The van der Waals surface area contributed by atoms with Crippen LogP contribution in [-0.4, -0.2) is 34.1 Å². The number of rotatable bonds is 6. The molecule has 0 spiro atoms. The molecule has 2 nitrogen and oxygen atoms in total. The van der Waals surface area contributed by atoms with E-state index in [0.717, 1.165) is 19.5 Å². The van der Waals surface area contributed by atoms with Crippen LogP contribution in [-0.2, 0) is 6.54 Å². The van der Waals surface area contributed by atoms with Gasteiger partial charge in [0.2, 0.25) is 0 Å². The number of nitrogens with zero attached hydrogens (tertiary/aromatic N) is 1. The van der Waals surface area contributed by atoms with Crippen molar-refractivity contribution in [3.8, 4) is 0 Å². The summed E-state index contributed by atoms with van der Waals surface area (Å²) in [4.78, 5) is 0. The predicted molar refractivity (Wildman–Crippen MR) is 107 cm³/mol. The van der Waals surface area contributed by atoms with Crippen molar-refractivity contribution >= 4 is 47.0 Å². The molecule has 2 aliphatic heterocycles. The van der Waals surface area contributed by atoms with Gasteiger partial charge in [-0.2, -0.15) is 0 Å². The summed E-state index contributed by atoms with van der Waals surface area (Å²) in [5.41, 5.74) is 8.80. The summed E-state index contributed by atoms with van der Waals surface area (Å²) in [7, 11) is 0. The average molecular weight is 375 g/mol. The Morgan fingerprint density at radius 2 is 1.36 bits per heavy atom. The summed E-state index contributed by atoms with van der Waals surface area (Å²) >= 11 is 8.53. The zero-order chi connectivity index (χ0) is 15.2. The quantitative estimate of drug-likeness (QED) is 0.711. The third kappa shape index (κ3) is 4.38. The normalized spacial score (nSPS) is 21.3. The van der Waals surface area contributed by atoms with E-state index in [1.165, 1.54) is 42.3 Å². The van der Waals surface area contributed by atoms with Gasteiger partial charge in [0.25, 0.3) is 0 Å². The molecule has 1 aromatic rings. The van der Waals surface area contributed by atoms with Crippen molar-refractivity contribution in [2.75, 3.05) is 29.6 Å². The summed E-state index contributed by atoms with van der Waals surface area (Å²) in [5, 5.41) is 0. The van der Waals surface area contributed by atoms with Crippen molar-refractivity contribution in [2.45, 2.75) is 41.4 Å². The van der Waals surface area contributed by atoms with Gasteiger partial charge in [-0.05, 0) is 67.4 Å². The van der Waals surface area contributed by atoms with Crippen LogP contribution >= 0.6 is 47.0 Å². The maximum Gasteiger partial charge on any atom is 0.0901 e. The van der Waals surface area contributed by atoms with Crippen LogP contribution < -0.4 is 5.73 Å². The number of unbranched alkanes of at least 4 members (excludes halogenated alkanes) is 1. The van der Waals surface area contributed by atoms with Gasteiger partial charge in [0.15, 0.2) is 0 Å². The highest BCUT2D eigenvalue weighted by molar-refractivity contribution is 8.17. The minimum atomic E-state index is 0.638. The van der Waals surface area contributed by atoms with Crippen LogP contribution in [0.2, 0.25) is 0 Å². The van der Waals surface area contributed by atoms with Crippen LogP contribution in [0.1, 0.15) is 46.2 Å². The molecule has 124 valence electrons. The molecule has 0 bridgehead atoms. The Labute approximate surface area is 151 Å². The maximum absolute atomic E-state index is 5.70. The lowest BCUT2D eigenvalue weighted by Crippen LogP contribution is -2.13. The molecule has 0 unspecified atom stereocenters. The molecule has 22 heavy (non-hydrogen) atoms. The van der Waals surface area contributed by atoms with Crippen LogP contribution in [0.5, 0.6) is 0 Å². The third-order valence-corrected chi connectivity index (χ3v) is 9.93. The molecule has 0 saturated carbocycles. The zero-order valence-corrected chi connectivity index (χ0v) is 16.3. The molecular formula is C16H26N2S4. The van der Waals surface area contributed by atoms with Gasteiger partial charge in [-0.15, -0.1) is 47.0 Å². The lowest BCUT2D eigenvalue weighted by molar-refractivity contribution is 0.590. The monoisotopic (exact) mass is 374 g/mol. The molecule has 0 aromatic carbocycles. The highest BCUT2D eigenvalue weighted by atomic mass is 32.2. The Kier molecular flexibility index (Phi) is 7.31. The first-order chi connectivity index (χ1) is 10.9. The molecule has 0 radical (unpaired) electrons. The van der Waals surface area contributed by atoms with Gasteiger partial charge in [-0.1, -0.05) is 0 Å². The predicted octanol–water partition coefficient (Wildman–Crippen LogP) is 4.96. The fraction of sp³-hybridized carbons (Fsp3) is 0.750. The number of nitrogens with two attached hydrogens (primary N) is 1. The van der Waals surface area contributed by atoms with Gasteiger partial charge in [0.05, 0.1) is 9.16 Å². The number of hydrogen-bond acceptors (Lipinski definition) is 5. The molecule has 2 fully saturated rings. The molecule has 2 saturated heterocycles. The van der Waals surface area contributed by atoms with Gasteiger partial charge in [0.1, 0.15) is 0 Å². The van der Waals surface area contributed by atoms with E-state index in [1.54, 1.807) is 11.4 Å². The van der Waals surface area contributed by atoms with Crippen molar-refractivity contribution in [2.24, 2.45) is 5.73 Å². The van der Waals surface area contributed by atoms with Gasteiger partial charge in [0, 0.05) is 17.9 Å². The molecular weight excluding hydrogens is 348 g/mol. The maximum atomic E-state index is 5.70. The topological polar surface area (TPSA) is 30.9 Å². The minimum absolute atomic E-state index is 0.638. The fourth-order valence-electron chi connectivity index (χ4n) is 2.90. The van der Waals surface area contributed by atoms with Crippen molar-refractivity contribution in [1.82, 2.24) is 4.57 Å². The zero-order valence-electron chi connectivity index (χ0n) is 13.0. The van der Waals surface area contributed by atoms with Crippen LogP contribution in [0.15, 0.2) is 12.1 Å². The van der Waals surface area contributed by atoms with Crippen LogP contribution in [0.3, 0.4) is 0 Å². The molecule has 3 rings (SSSR count). The second-order valence-electron chi connectivity index (χ2n) is 5.68. The third-order valence-electron chi connectivity index (χ3n) is 4.02. The Balaban J connectivity index is 1.79. The molecule has 1 aromatic heterocycles. The van der Waals surface area contributed by atoms with Gasteiger partial charge < -0.3 is 10.3 Å². The number of aromatic nitrogens is 1. The van der Waals surface area contributed by atoms with E-state index in [4.69, 9.17) is 5.73 Å². The summed E-state index contributed by atoms with van der Waals surface area (Å²) in [5.74, 6) is 5.25. The van der Waals surface area contributed by atoms with Crippen LogP contribution in [0.25, 0.3) is 0 Å². The standard InChI is InChI=1S/C16H26N2S4/c17-7-1-2-8-18-13(15-19-9-3-10-20-15)5-6-14(18)16-21-11-4-12-22-16/h5-6,15-16H,1-4,7-12,17H2. The summed E-state index contributed by atoms with van der Waals surface area (Å²) in [6.07, 6.45) is 5.06. The highest BCUT2D eigenvalue weighted by Gasteiger charge is 2.25. The SMILES string of the molecule is NCCCCn1c(C2SCCCS2)ccc1C1SCCCS1. The van der Waals surface area contributed by atoms with E-state index in [9.17, 15) is 0 Å². The summed E-state index contributed by atoms with van der Waals surface area (Å²) < 4.78 is 3.92. The van der Waals surface area contributed by atoms with Gasteiger partial charge in [-0.3, -0.25) is 0 Å². The Hall–Kier alpha value is 0.640. The van der Waals surface area contributed by atoms with Gasteiger partial charge >= 0.3 is 0 Å². The summed E-state index contributed by atoms with van der Waals surface area (Å²) in [6, 6.07) is 4.81. The molecule has 0 amide bonds. The number of hydrogen-bond donors (Lipinski definition) is 1. The molecule has 3 heterocycles. The van der Waals surface area contributed by atoms with Crippen LogP contribution in [0, 0.1) is 0 Å². The lowest BCUT2D eigenvalue weighted by Gasteiger charge is -2.27. The second-order valence-corrected chi connectivity index (χ2v) is 11.1. The highest BCUT2D eigenvalue weighted by Crippen LogP contribution is 2.48. The van der Waals surface area contributed by atoms with Crippen molar-refractivity contribution < 1.29 is 0 Å². The Morgan fingerprint density at radius 3 is 1.82 bits per heavy atom. The van der Waals surface area contributed by atoms with E-state index in [-0.39, 0.29) is 0 Å². The van der Waals surface area contributed by atoms with E-state index >= 15 is 0 Å². The van der Waals surface area contributed by atoms with E-state index in [2.05, 4.69) is 63.7 Å².